The highest BCUT2D eigenvalue weighted by molar-refractivity contribution is 6.03. The summed E-state index contributed by atoms with van der Waals surface area (Å²) in [7, 11) is 4.50. The number of nitrogens with two attached hydrogens (primary N) is 1. The Morgan fingerprint density at radius 1 is 0.939 bits per heavy atom. The van der Waals surface area contributed by atoms with E-state index in [2.05, 4.69) is 5.32 Å². The van der Waals surface area contributed by atoms with E-state index < -0.39 is 5.91 Å². The van der Waals surface area contributed by atoms with Crippen LogP contribution >= 0.6 is 0 Å². The van der Waals surface area contributed by atoms with E-state index in [0.29, 0.717) is 54.7 Å². The average Bonchev–Trinajstić information content (AvgIpc) is 2.83. The van der Waals surface area contributed by atoms with Crippen LogP contribution in [0.2, 0.25) is 0 Å². The number of hydrogen-bond donors (Lipinski definition) is 2. The summed E-state index contributed by atoms with van der Waals surface area (Å²) >= 11 is 0. The first-order valence-corrected chi connectivity index (χ1v) is 10.4. The summed E-state index contributed by atoms with van der Waals surface area (Å²) < 4.78 is 16.0. The van der Waals surface area contributed by atoms with E-state index in [-0.39, 0.29) is 23.9 Å². The fraction of sp³-hybridized carbons (Fsp3) is 0.348. The molecule has 0 spiro atoms. The summed E-state index contributed by atoms with van der Waals surface area (Å²) in [4.78, 5) is 40.7. The maximum Gasteiger partial charge on any atom is 0.254 e. The average molecular weight is 456 g/mol. The monoisotopic (exact) mass is 456 g/mol. The number of piperazine rings is 1. The Labute approximate surface area is 192 Å². The van der Waals surface area contributed by atoms with Crippen molar-refractivity contribution in [2.24, 2.45) is 5.73 Å². The van der Waals surface area contributed by atoms with Crippen LogP contribution in [0.3, 0.4) is 0 Å². The van der Waals surface area contributed by atoms with Crippen molar-refractivity contribution in [2.45, 2.75) is 0 Å². The van der Waals surface area contributed by atoms with Gasteiger partial charge in [-0.2, -0.15) is 0 Å². The van der Waals surface area contributed by atoms with E-state index in [0.717, 1.165) is 0 Å². The van der Waals surface area contributed by atoms with E-state index >= 15 is 0 Å². The van der Waals surface area contributed by atoms with Crippen LogP contribution in [-0.2, 0) is 4.79 Å². The van der Waals surface area contributed by atoms with Crippen molar-refractivity contribution in [3.8, 4) is 17.2 Å². The van der Waals surface area contributed by atoms with Crippen molar-refractivity contribution in [3.63, 3.8) is 0 Å². The molecule has 10 nitrogen and oxygen atoms in total. The SMILES string of the molecule is COc1cc(C(=O)N2CCN(CC(=O)Nc3ccccc3C(N)=O)CC2)cc(OC)c1OC. The first kappa shape index (κ1) is 23.9. The van der Waals surface area contributed by atoms with Crippen LogP contribution in [0.1, 0.15) is 20.7 Å². The third kappa shape index (κ3) is 5.53. The molecule has 3 rings (SSSR count). The van der Waals surface area contributed by atoms with Gasteiger partial charge in [-0.05, 0) is 24.3 Å². The minimum atomic E-state index is -0.607. The first-order chi connectivity index (χ1) is 15.9. The molecule has 10 heteroatoms. The molecular formula is C23H28N4O6. The zero-order valence-electron chi connectivity index (χ0n) is 18.9. The Bertz CT molecular complexity index is 1010. The second-order valence-corrected chi connectivity index (χ2v) is 7.44. The molecule has 0 aromatic heterocycles. The predicted octanol–water partition coefficient (Wildman–Crippen LogP) is 1.21. The molecule has 2 aromatic rings. The number of carbonyl (C=O) groups excluding carboxylic acids is 3. The number of nitrogens with zero attached hydrogens (tertiary/aromatic N) is 2. The Kier molecular flexibility index (Phi) is 7.73. The highest BCUT2D eigenvalue weighted by Gasteiger charge is 2.25. The lowest BCUT2D eigenvalue weighted by atomic mass is 10.1. The molecule has 1 aliphatic rings. The number of carbonyl (C=O) groups is 3. The van der Waals surface area contributed by atoms with Gasteiger partial charge in [-0.1, -0.05) is 12.1 Å². The van der Waals surface area contributed by atoms with Gasteiger partial charge in [0.25, 0.3) is 11.8 Å². The maximum atomic E-state index is 13.0. The van der Waals surface area contributed by atoms with Gasteiger partial charge in [0.05, 0.1) is 39.1 Å². The van der Waals surface area contributed by atoms with E-state index in [1.54, 1.807) is 41.3 Å². The summed E-state index contributed by atoms with van der Waals surface area (Å²) in [6.07, 6.45) is 0. The molecule has 0 radical (unpaired) electrons. The van der Waals surface area contributed by atoms with Crippen molar-refractivity contribution < 1.29 is 28.6 Å². The summed E-state index contributed by atoms with van der Waals surface area (Å²) in [5, 5.41) is 2.73. The Morgan fingerprint density at radius 2 is 1.55 bits per heavy atom. The van der Waals surface area contributed by atoms with Gasteiger partial charge < -0.3 is 30.2 Å². The van der Waals surface area contributed by atoms with Crippen molar-refractivity contribution in [1.29, 1.82) is 0 Å². The van der Waals surface area contributed by atoms with E-state index in [9.17, 15) is 14.4 Å². The Hall–Kier alpha value is -3.79. The maximum absolute atomic E-state index is 13.0. The van der Waals surface area contributed by atoms with Gasteiger partial charge in [0, 0.05) is 31.7 Å². The Balaban J connectivity index is 1.59. The van der Waals surface area contributed by atoms with E-state index in [1.807, 2.05) is 4.90 Å². The van der Waals surface area contributed by atoms with E-state index in [4.69, 9.17) is 19.9 Å². The van der Waals surface area contributed by atoms with Gasteiger partial charge in [0.2, 0.25) is 11.7 Å². The summed E-state index contributed by atoms with van der Waals surface area (Å²) in [5.41, 5.74) is 6.42. The smallest absolute Gasteiger partial charge is 0.254 e. The molecule has 0 unspecified atom stereocenters. The molecular weight excluding hydrogens is 428 g/mol. The highest BCUT2D eigenvalue weighted by Crippen LogP contribution is 2.38. The molecule has 176 valence electrons. The number of amides is 3. The van der Waals surface area contributed by atoms with Crippen LogP contribution < -0.4 is 25.3 Å². The van der Waals surface area contributed by atoms with Crippen LogP contribution in [0.15, 0.2) is 36.4 Å². The van der Waals surface area contributed by atoms with Gasteiger partial charge in [0.15, 0.2) is 11.5 Å². The van der Waals surface area contributed by atoms with Gasteiger partial charge >= 0.3 is 0 Å². The highest BCUT2D eigenvalue weighted by atomic mass is 16.5. The van der Waals surface area contributed by atoms with Crippen molar-refractivity contribution >= 4 is 23.4 Å². The summed E-state index contributed by atoms with van der Waals surface area (Å²) in [6, 6.07) is 9.84. The van der Waals surface area contributed by atoms with Gasteiger partial charge in [-0.15, -0.1) is 0 Å². The molecule has 2 aromatic carbocycles. The minimum absolute atomic E-state index is 0.138. The number of anilines is 1. The number of ether oxygens (including phenoxy) is 3. The molecule has 1 heterocycles. The van der Waals surface area contributed by atoms with Crippen LogP contribution in [0.5, 0.6) is 17.2 Å². The third-order valence-electron chi connectivity index (χ3n) is 5.41. The quantitative estimate of drug-likeness (QED) is 0.612. The number of para-hydroxylation sites is 1. The molecule has 33 heavy (non-hydrogen) atoms. The fourth-order valence-corrected chi connectivity index (χ4v) is 3.70. The van der Waals surface area contributed by atoms with Crippen LogP contribution in [0, 0.1) is 0 Å². The lowest BCUT2D eigenvalue weighted by Gasteiger charge is -2.34. The first-order valence-electron chi connectivity index (χ1n) is 10.4. The second kappa shape index (κ2) is 10.7. The molecule has 0 atom stereocenters. The van der Waals surface area contributed by atoms with Crippen molar-refractivity contribution in [1.82, 2.24) is 9.80 Å². The molecule has 1 fully saturated rings. The number of nitrogens with one attached hydrogen (secondary N) is 1. The number of benzene rings is 2. The molecule has 1 saturated heterocycles. The van der Waals surface area contributed by atoms with Gasteiger partial charge in [-0.25, -0.2) is 0 Å². The Morgan fingerprint density at radius 3 is 2.09 bits per heavy atom. The number of rotatable bonds is 8. The van der Waals surface area contributed by atoms with Crippen molar-refractivity contribution in [2.75, 3.05) is 59.4 Å². The van der Waals surface area contributed by atoms with Crippen molar-refractivity contribution in [3.05, 3.63) is 47.5 Å². The largest absolute Gasteiger partial charge is 0.493 e. The molecule has 3 N–H and O–H groups in total. The lowest BCUT2D eigenvalue weighted by molar-refractivity contribution is -0.117. The van der Waals surface area contributed by atoms with Crippen LogP contribution in [0.4, 0.5) is 5.69 Å². The molecule has 0 bridgehead atoms. The predicted molar refractivity (Wildman–Crippen MR) is 122 cm³/mol. The third-order valence-corrected chi connectivity index (χ3v) is 5.41. The number of methoxy groups -OCH3 is 3. The number of hydrogen-bond acceptors (Lipinski definition) is 7. The van der Waals surface area contributed by atoms with Gasteiger partial charge in [-0.3, -0.25) is 19.3 Å². The standard InChI is InChI=1S/C23H28N4O6/c1-31-18-12-15(13-19(32-2)21(18)33-3)23(30)27-10-8-26(9-11-27)14-20(28)25-17-7-5-4-6-16(17)22(24)29/h4-7,12-13H,8-11,14H2,1-3H3,(H2,24,29)(H,25,28). The second-order valence-electron chi connectivity index (χ2n) is 7.44. The van der Waals surface area contributed by atoms with Crippen LogP contribution in [0.25, 0.3) is 0 Å². The summed E-state index contributed by atoms with van der Waals surface area (Å²) in [6.45, 7) is 2.11. The lowest BCUT2D eigenvalue weighted by Crippen LogP contribution is -2.50. The molecule has 3 amide bonds. The van der Waals surface area contributed by atoms with Gasteiger partial charge in [0.1, 0.15) is 0 Å². The number of primary amides is 1. The zero-order valence-corrected chi connectivity index (χ0v) is 18.9. The fourth-order valence-electron chi connectivity index (χ4n) is 3.70. The van der Waals surface area contributed by atoms with Crippen LogP contribution in [-0.4, -0.2) is 81.6 Å². The topological polar surface area (TPSA) is 123 Å². The minimum Gasteiger partial charge on any atom is -0.493 e. The zero-order chi connectivity index (χ0) is 24.0. The normalized spacial score (nSPS) is 13.8. The molecule has 1 aliphatic heterocycles. The van der Waals surface area contributed by atoms with E-state index in [1.165, 1.54) is 21.3 Å². The molecule has 0 aliphatic carbocycles. The summed E-state index contributed by atoms with van der Waals surface area (Å²) in [5.74, 6) is 0.218. The molecule has 0 saturated carbocycles.